The molecule has 1 aliphatic heterocycles. The number of nitro groups is 1. The number of aromatic carboxylic acids is 1. The molecule has 2 aromatic rings. The third kappa shape index (κ3) is 1.94. The molecular weight excluding hydrogens is 274 g/mol. The molecule has 2 aromatic heterocycles. The minimum absolute atomic E-state index is 0.0763. The highest BCUT2D eigenvalue weighted by Crippen LogP contribution is 2.30. The first kappa shape index (κ1) is 13.2. The van der Waals surface area contributed by atoms with Crippen molar-refractivity contribution in [2.45, 2.75) is 20.5 Å². The normalized spacial score (nSPS) is 11.9. The number of carbonyl (C=O) groups is 1. The van der Waals surface area contributed by atoms with Gasteiger partial charge < -0.3 is 5.11 Å². The molecule has 0 spiro atoms. The Bertz CT molecular complexity index is 747. The molecule has 0 aromatic carbocycles. The second-order valence-corrected chi connectivity index (χ2v) is 5.17. The topological polar surface area (TPSA) is 88.2 Å². The first-order valence-electron chi connectivity index (χ1n) is 6.34. The van der Waals surface area contributed by atoms with Crippen molar-refractivity contribution in [2.75, 3.05) is 0 Å². The van der Waals surface area contributed by atoms with Crippen molar-refractivity contribution in [3.63, 3.8) is 0 Å². The second kappa shape index (κ2) is 4.34. The van der Waals surface area contributed by atoms with Crippen LogP contribution in [-0.2, 0) is 6.67 Å². The lowest BCUT2D eigenvalue weighted by molar-refractivity contribution is -0.877. The summed E-state index contributed by atoms with van der Waals surface area (Å²) < 4.78 is 3.45. The molecule has 0 amide bonds. The van der Waals surface area contributed by atoms with Crippen LogP contribution in [0.2, 0.25) is 0 Å². The molecule has 3 heterocycles. The van der Waals surface area contributed by atoms with Crippen LogP contribution in [0.1, 0.15) is 21.5 Å². The number of hydrogen-bond donors (Lipinski definition) is 1. The number of pyridine rings is 2. The highest BCUT2D eigenvalue weighted by atomic mass is 16.6. The Labute approximate surface area is 119 Å². The van der Waals surface area contributed by atoms with E-state index in [4.69, 9.17) is 0 Å². The molecule has 7 nitrogen and oxygen atoms in total. The van der Waals surface area contributed by atoms with Gasteiger partial charge in [-0.05, 0) is 19.9 Å². The summed E-state index contributed by atoms with van der Waals surface area (Å²) in [5.41, 5.74) is 2.26. The summed E-state index contributed by atoms with van der Waals surface area (Å²) in [6.07, 6.45) is 3.59. The number of nitrogens with zero attached hydrogens (tertiary/aromatic N) is 3. The van der Waals surface area contributed by atoms with Crippen molar-refractivity contribution in [1.29, 1.82) is 0 Å². The monoisotopic (exact) mass is 287 g/mol. The first-order chi connectivity index (χ1) is 9.88. The predicted octanol–water partition coefficient (Wildman–Crippen LogP) is 0.971. The zero-order valence-corrected chi connectivity index (χ0v) is 11.5. The van der Waals surface area contributed by atoms with Crippen molar-refractivity contribution in [2.24, 2.45) is 0 Å². The number of aryl methyl sites for hydroxylation is 2. The van der Waals surface area contributed by atoms with Crippen LogP contribution in [0.4, 0.5) is 5.69 Å². The van der Waals surface area contributed by atoms with E-state index in [1.54, 1.807) is 35.4 Å². The SMILES string of the molecule is Cc1cc(C(=O)O)c2[n+](c1)C[n+]1cc(C)cc([N+](=O)[O-])c1-2. The van der Waals surface area contributed by atoms with Crippen LogP contribution in [0.5, 0.6) is 0 Å². The predicted molar refractivity (Wildman–Crippen MR) is 70.8 cm³/mol. The molecule has 1 aliphatic rings. The fraction of sp³-hybridized carbons (Fsp3) is 0.214. The molecule has 0 bridgehead atoms. The number of carboxylic acids is 1. The summed E-state index contributed by atoms with van der Waals surface area (Å²) in [7, 11) is 0. The Balaban J connectivity index is 2.40. The van der Waals surface area contributed by atoms with Crippen molar-refractivity contribution in [1.82, 2.24) is 0 Å². The molecule has 106 valence electrons. The molecule has 7 heteroatoms. The van der Waals surface area contributed by atoms with Crippen LogP contribution in [-0.4, -0.2) is 16.0 Å². The standard InChI is InChI=1S/C14H12N3O4/c1-8-3-10(14(18)19)12-13-11(17(20)21)4-9(2)6-16(13)7-15(12)5-8/h3-6H,7H2,1-2H3/q+1/p+1. The first-order valence-corrected chi connectivity index (χ1v) is 6.34. The van der Waals surface area contributed by atoms with Gasteiger partial charge in [0.2, 0.25) is 0 Å². The third-order valence-electron chi connectivity index (χ3n) is 3.48. The molecule has 21 heavy (non-hydrogen) atoms. The van der Waals surface area contributed by atoms with E-state index >= 15 is 0 Å². The van der Waals surface area contributed by atoms with E-state index in [0.717, 1.165) is 11.1 Å². The lowest BCUT2D eigenvalue weighted by Crippen LogP contribution is -2.45. The number of fused-ring (bicyclic) bond motifs is 3. The van der Waals surface area contributed by atoms with Crippen molar-refractivity contribution < 1.29 is 24.0 Å². The fourth-order valence-electron chi connectivity index (χ4n) is 2.79. The summed E-state index contributed by atoms with van der Waals surface area (Å²) in [6.45, 7) is 3.94. The minimum atomic E-state index is -1.09. The molecule has 1 N–H and O–H groups in total. The summed E-state index contributed by atoms with van der Waals surface area (Å²) in [5.74, 6) is -1.09. The van der Waals surface area contributed by atoms with Gasteiger partial charge in [0, 0.05) is 17.2 Å². The lowest BCUT2D eigenvalue weighted by atomic mass is 10.1. The zero-order chi connectivity index (χ0) is 15.3. The van der Waals surface area contributed by atoms with E-state index in [1.165, 1.54) is 12.1 Å². The molecule has 0 fully saturated rings. The Kier molecular flexibility index (Phi) is 2.72. The van der Waals surface area contributed by atoms with Crippen LogP contribution in [0.25, 0.3) is 11.4 Å². The van der Waals surface area contributed by atoms with Crippen LogP contribution in [0.15, 0.2) is 24.5 Å². The second-order valence-electron chi connectivity index (χ2n) is 5.17. The van der Waals surface area contributed by atoms with Crippen LogP contribution in [0, 0.1) is 24.0 Å². The molecule has 0 saturated carbocycles. The molecule has 0 atom stereocenters. The number of rotatable bonds is 2. The van der Waals surface area contributed by atoms with Crippen molar-refractivity contribution in [3.05, 3.63) is 51.3 Å². The molecule has 0 saturated heterocycles. The number of carboxylic acid groups (broad SMARTS) is 1. The van der Waals surface area contributed by atoms with Crippen molar-refractivity contribution in [3.8, 4) is 11.4 Å². The van der Waals surface area contributed by atoms with Crippen molar-refractivity contribution >= 4 is 11.7 Å². The maximum absolute atomic E-state index is 11.5. The van der Waals surface area contributed by atoms with Gasteiger partial charge in [-0.1, -0.05) is 0 Å². The van der Waals surface area contributed by atoms with Gasteiger partial charge in [0.1, 0.15) is 5.56 Å². The average Bonchev–Trinajstić information content (AvgIpc) is 2.73. The van der Waals surface area contributed by atoms with Gasteiger partial charge in [-0.2, -0.15) is 0 Å². The minimum Gasteiger partial charge on any atom is -0.477 e. The Morgan fingerprint density at radius 3 is 2.33 bits per heavy atom. The zero-order valence-electron chi connectivity index (χ0n) is 11.5. The van der Waals surface area contributed by atoms with E-state index in [-0.39, 0.29) is 11.3 Å². The average molecular weight is 287 g/mol. The maximum Gasteiger partial charge on any atom is 0.361 e. The van der Waals surface area contributed by atoms with E-state index in [2.05, 4.69) is 0 Å². The Morgan fingerprint density at radius 1 is 1.19 bits per heavy atom. The molecule has 0 radical (unpaired) electrons. The largest absolute Gasteiger partial charge is 0.477 e. The molecule has 0 unspecified atom stereocenters. The highest BCUT2D eigenvalue weighted by Gasteiger charge is 2.45. The van der Waals surface area contributed by atoms with Crippen LogP contribution in [0.3, 0.4) is 0 Å². The molecule has 3 rings (SSSR count). The molecule has 0 aliphatic carbocycles. The fourth-order valence-corrected chi connectivity index (χ4v) is 2.79. The van der Waals surface area contributed by atoms with E-state index in [1.807, 2.05) is 0 Å². The van der Waals surface area contributed by atoms with Crippen LogP contribution < -0.4 is 9.13 Å². The van der Waals surface area contributed by atoms with Crippen LogP contribution >= 0.6 is 0 Å². The van der Waals surface area contributed by atoms with Gasteiger partial charge in [0.25, 0.3) is 0 Å². The highest BCUT2D eigenvalue weighted by molar-refractivity contribution is 5.94. The number of aromatic nitrogens is 2. The Hall–Kier alpha value is -2.83. The van der Waals surface area contributed by atoms with Gasteiger partial charge >= 0.3 is 29.7 Å². The summed E-state index contributed by atoms with van der Waals surface area (Å²) in [6, 6.07) is 3.00. The van der Waals surface area contributed by atoms with Gasteiger partial charge in [-0.3, -0.25) is 10.1 Å². The third-order valence-corrected chi connectivity index (χ3v) is 3.48. The van der Waals surface area contributed by atoms with Gasteiger partial charge in [-0.15, -0.1) is 9.13 Å². The summed E-state index contributed by atoms with van der Waals surface area (Å²) >= 11 is 0. The smallest absolute Gasteiger partial charge is 0.361 e. The number of hydrogen-bond acceptors (Lipinski definition) is 3. The van der Waals surface area contributed by atoms with Gasteiger partial charge in [0.15, 0.2) is 12.4 Å². The summed E-state index contributed by atoms with van der Waals surface area (Å²) in [5, 5.41) is 20.7. The van der Waals surface area contributed by atoms with Gasteiger partial charge in [0.05, 0.1) is 4.92 Å². The lowest BCUT2D eigenvalue weighted by Gasteiger charge is -1.98. The quantitative estimate of drug-likeness (QED) is 0.432. The van der Waals surface area contributed by atoms with Gasteiger partial charge in [-0.25, -0.2) is 4.79 Å². The molecular formula is C14H13N3O4+2. The van der Waals surface area contributed by atoms with E-state index in [9.17, 15) is 20.0 Å². The Morgan fingerprint density at radius 2 is 1.76 bits per heavy atom. The van der Waals surface area contributed by atoms with E-state index in [0.29, 0.717) is 18.1 Å². The van der Waals surface area contributed by atoms with E-state index < -0.39 is 10.9 Å². The summed E-state index contributed by atoms with van der Waals surface area (Å²) in [4.78, 5) is 22.3. The maximum atomic E-state index is 11.5.